The highest BCUT2D eigenvalue weighted by Gasteiger charge is 2.01. The molecule has 0 aliphatic rings. The third kappa shape index (κ3) is 13.0. The van der Waals surface area contributed by atoms with E-state index in [1.807, 2.05) is 0 Å². The van der Waals surface area contributed by atoms with Gasteiger partial charge in [0, 0.05) is 12.8 Å². The Labute approximate surface area is 108 Å². The lowest BCUT2D eigenvalue weighted by molar-refractivity contribution is -0.144. The molecule has 0 aromatic rings. The summed E-state index contributed by atoms with van der Waals surface area (Å²) in [5.41, 5.74) is 0. The smallest absolute Gasteiger partial charge is 0.305 e. The third-order valence-electron chi connectivity index (χ3n) is 2.63. The number of ether oxygens (including phenoxy) is 1. The Morgan fingerprint density at radius 1 is 0.833 bits per heavy atom. The maximum atomic E-state index is 11.1. The van der Waals surface area contributed by atoms with Crippen molar-refractivity contribution in [2.24, 2.45) is 0 Å². The van der Waals surface area contributed by atoms with E-state index in [4.69, 9.17) is 14.9 Å². The fraction of sp³-hybridized carbons (Fsp3) is 0.846. The summed E-state index contributed by atoms with van der Waals surface area (Å²) in [5, 5.41) is 16.9. The summed E-state index contributed by atoms with van der Waals surface area (Å²) in [7, 11) is 0. The van der Waals surface area contributed by atoms with Crippen molar-refractivity contribution in [3.8, 4) is 0 Å². The summed E-state index contributed by atoms with van der Waals surface area (Å²) in [6, 6.07) is 0. The quantitative estimate of drug-likeness (QED) is 0.415. The number of aliphatic carboxylic acids is 1. The third-order valence-corrected chi connectivity index (χ3v) is 2.63. The van der Waals surface area contributed by atoms with Gasteiger partial charge in [0.05, 0.1) is 6.61 Å². The number of carbonyl (C=O) groups excluding carboxylic acids is 1. The van der Waals surface area contributed by atoms with Crippen molar-refractivity contribution in [3.63, 3.8) is 0 Å². The van der Waals surface area contributed by atoms with E-state index < -0.39 is 5.97 Å². The van der Waals surface area contributed by atoms with Gasteiger partial charge in [-0.1, -0.05) is 32.1 Å². The maximum absolute atomic E-state index is 11.1. The van der Waals surface area contributed by atoms with E-state index in [1.165, 1.54) is 0 Å². The van der Waals surface area contributed by atoms with Crippen LogP contribution in [0.1, 0.15) is 57.8 Å². The average Bonchev–Trinajstić information content (AvgIpc) is 2.34. The first kappa shape index (κ1) is 16.9. The van der Waals surface area contributed by atoms with E-state index >= 15 is 0 Å². The first-order valence-electron chi connectivity index (χ1n) is 6.65. The van der Waals surface area contributed by atoms with Gasteiger partial charge >= 0.3 is 11.9 Å². The number of carboxylic acid groups (broad SMARTS) is 1. The molecule has 0 unspecified atom stereocenters. The van der Waals surface area contributed by atoms with Gasteiger partial charge in [-0.3, -0.25) is 9.59 Å². The second kappa shape index (κ2) is 12.4. The average molecular weight is 260 g/mol. The number of aliphatic hydroxyl groups is 1. The summed E-state index contributed by atoms with van der Waals surface area (Å²) >= 11 is 0. The number of unbranched alkanes of at least 4 members (excludes halogenated alkanes) is 6. The molecule has 0 aliphatic heterocycles. The molecule has 0 amide bonds. The molecule has 18 heavy (non-hydrogen) atoms. The van der Waals surface area contributed by atoms with Crippen molar-refractivity contribution in [1.82, 2.24) is 0 Å². The van der Waals surface area contributed by atoms with Crippen LogP contribution in [0, 0.1) is 0 Å². The standard InChI is InChI=1S/C13H24O5/c14-10-11-18-13(17)9-7-5-3-1-2-4-6-8-12(15)16/h14H,1-11H2,(H,15,16). The highest BCUT2D eigenvalue weighted by Crippen LogP contribution is 2.10. The predicted molar refractivity (Wildman–Crippen MR) is 67.2 cm³/mol. The lowest BCUT2D eigenvalue weighted by Gasteiger charge is -2.03. The van der Waals surface area contributed by atoms with Crippen LogP contribution in [0.25, 0.3) is 0 Å². The molecular weight excluding hydrogens is 236 g/mol. The minimum absolute atomic E-state index is 0.0857. The summed E-state index contributed by atoms with van der Waals surface area (Å²) in [6.45, 7) is -0.0372. The topological polar surface area (TPSA) is 83.8 Å². The maximum Gasteiger partial charge on any atom is 0.305 e. The minimum atomic E-state index is -0.726. The van der Waals surface area contributed by atoms with Crippen LogP contribution in [-0.4, -0.2) is 35.4 Å². The number of hydrogen-bond donors (Lipinski definition) is 2. The monoisotopic (exact) mass is 260 g/mol. The van der Waals surface area contributed by atoms with Crippen LogP contribution in [0.2, 0.25) is 0 Å². The molecular formula is C13H24O5. The predicted octanol–water partition coefficient (Wildman–Crippen LogP) is 2.12. The van der Waals surface area contributed by atoms with Gasteiger partial charge in [0.1, 0.15) is 6.61 Å². The van der Waals surface area contributed by atoms with Crippen molar-refractivity contribution in [1.29, 1.82) is 0 Å². The number of hydrogen-bond acceptors (Lipinski definition) is 4. The Hall–Kier alpha value is -1.10. The molecule has 0 bridgehead atoms. The van der Waals surface area contributed by atoms with Gasteiger partial charge in [0.25, 0.3) is 0 Å². The van der Waals surface area contributed by atoms with E-state index in [0.29, 0.717) is 6.42 Å². The van der Waals surface area contributed by atoms with Crippen LogP contribution in [-0.2, 0) is 14.3 Å². The zero-order valence-corrected chi connectivity index (χ0v) is 10.9. The van der Waals surface area contributed by atoms with Gasteiger partial charge < -0.3 is 14.9 Å². The van der Waals surface area contributed by atoms with E-state index in [0.717, 1.165) is 44.9 Å². The van der Waals surface area contributed by atoms with Crippen molar-refractivity contribution in [3.05, 3.63) is 0 Å². The van der Waals surface area contributed by atoms with Crippen molar-refractivity contribution in [2.45, 2.75) is 57.8 Å². The highest BCUT2D eigenvalue weighted by atomic mass is 16.5. The summed E-state index contributed by atoms with van der Waals surface area (Å²) < 4.78 is 4.73. The van der Waals surface area contributed by atoms with E-state index in [1.54, 1.807) is 0 Å². The second-order valence-corrected chi connectivity index (χ2v) is 4.31. The number of aliphatic hydroxyl groups excluding tert-OH is 1. The van der Waals surface area contributed by atoms with E-state index in [-0.39, 0.29) is 25.6 Å². The number of rotatable bonds is 12. The van der Waals surface area contributed by atoms with Crippen LogP contribution in [0.15, 0.2) is 0 Å². The fourth-order valence-corrected chi connectivity index (χ4v) is 1.66. The summed E-state index contributed by atoms with van der Waals surface area (Å²) in [5.74, 6) is -0.970. The van der Waals surface area contributed by atoms with Crippen molar-refractivity contribution in [2.75, 3.05) is 13.2 Å². The molecule has 106 valence electrons. The van der Waals surface area contributed by atoms with Crippen LogP contribution in [0.5, 0.6) is 0 Å². The number of esters is 1. The first-order valence-corrected chi connectivity index (χ1v) is 6.65. The van der Waals surface area contributed by atoms with Gasteiger partial charge in [-0.05, 0) is 12.8 Å². The molecule has 0 aromatic carbocycles. The highest BCUT2D eigenvalue weighted by molar-refractivity contribution is 5.69. The summed E-state index contributed by atoms with van der Waals surface area (Å²) in [6.07, 6.45) is 7.42. The number of carbonyl (C=O) groups is 2. The molecule has 0 fully saturated rings. The van der Waals surface area contributed by atoms with Crippen molar-refractivity contribution >= 4 is 11.9 Å². The lowest BCUT2D eigenvalue weighted by Crippen LogP contribution is -2.07. The Balaban J connectivity index is 3.11. The Morgan fingerprint density at radius 2 is 1.33 bits per heavy atom. The first-order chi connectivity index (χ1) is 8.66. The minimum Gasteiger partial charge on any atom is -0.481 e. The Bertz CT molecular complexity index is 227. The van der Waals surface area contributed by atoms with Gasteiger partial charge in [-0.2, -0.15) is 0 Å². The zero-order chi connectivity index (χ0) is 13.6. The Kier molecular flexibility index (Phi) is 11.6. The largest absolute Gasteiger partial charge is 0.481 e. The second-order valence-electron chi connectivity index (χ2n) is 4.31. The molecule has 0 spiro atoms. The van der Waals surface area contributed by atoms with Crippen LogP contribution >= 0.6 is 0 Å². The van der Waals surface area contributed by atoms with Crippen LogP contribution in [0.3, 0.4) is 0 Å². The molecule has 5 nitrogen and oxygen atoms in total. The molecule has 0 saturated heterocycles. The molecule has 2 N–H and O–H groups in total. The van der Waals surface area contributed by atoms with E-state index in [9.17, 15) is 9.59 Å². The molecule has 0 aliphatic carbocycles. The van der Waals surface area contributed by atoms with Gasteiger partial charge in [0.15, 0.2) is 0 Å². The molecule has 0 aromatic heterocycles. The number of carboxylic acids is 1. The molecule has 5 heteroatoms. The zero-order valence-electron chi connectivity index (χ0n) is 10.9. The van der Waals surface area contributed by atoms with Crippen molar-refractivity contribution < 1.29 is 24.5 Å². The SMILES string of the molecule is O=C(O)CCCCCCCCCC(=O)OCCO. The molecule has 0 saturated carbocycles. The van der Waals surface area contributed by atoms with Gasteiger partial charge in [-0.15, -0.1) is 0 Å². The van der Waals surface area contributed by atoms with Crippen LogP contribution < -0.4 is 0 Å². The van der Waals surface area contributed by atoms with E-state index in [2.05, 4.69) is 0 Å². The Morgan fingerprint density at radius 3 is 1.83 bits per heavy atom. The molecule has 0 rings (SSSR count). The van der Waals surface area contributed by atoms with Crippen LogP contribution in [0.4, 0.5) is 0 Å². The molecule has 0 heterocycles. The summed E-state index contributed by atoms with van der Waals surface area (Å²) in [4.78, 5) is 21.3. The fourth-order valence-electron chi connectivity index (χ4n) is 1.66. The van der Waals surface area contributed by atoms with Gasteiger partial charge in [-0.25, -0.2) is 0 Å². The lowest BCUT2D eigenvalue weighted by atomic mass is 10.1. The molecule has 0 radical (unpaired) electrons. The van der Waals surface area contributed by atoms with Gasteiger partial charge in [0.2, 0.25) is 0 Å². The molecule has 0 atom stereocenters. The normalized spacial score (nSPS) is 10.3.